The molecule has 27 heavy (non-hydrogen) atoms. The van der Waals surface area contributed by atoms with Crippen molar-refractivity contribution in [3.8, 4) is 0 Å². The van der Waals surface area contributed by atoms with E-state index in [0.29, 0.717) is 0 Å². The molecule has 1 aliphatic heterocycles. The average molecular weight is 378 g/mol. The van der Waals surface area contributed by atoms with Crippen LogP contribution in [0.15, 0.2) is 66.0 Å². The lowest BCUT2D eigenvalue weighted by Crippen LogP contribution is -2.92. The molecule has 0 unspecified atom stereocenters. The lowest BCUT2D eigenvalue weighted by atomic mass is 10.0. The van der Waals surface area contributed by atoms with Crippen LogP contribution in [0.4, 0.5) is 5.69 Å². The highest BCUT2D eigenvalue weighted by atomic mass is 32.1. The van der Waals surface area contributed by atoms with Crippen LogP contribution in [-0.2, 0) is 11.2 Å². The van der Waals surface area contributed by atoms with Crippen LogP contribution < -0.4 is 10.2 Å². The monoisotopic (exact) mass is 377 g/mol. The zero-order chi connectivity index (χ0) is 18.8. The Hall–Kier alpha value is -2.43. The standard InChI is InChI=1S/C23H24N2OS/c1-16-9-11-19(12-10-16)22(21-8-5-15-27-21)24-17(2)23(26)25-14-13-18-6-3-4-7-20(18)25/h3-12,15,17,22,24H,13-14H2,1-2H3/p+1/t17-,22+/m0/s1. The number of aryl methyl sites for hydroxylation is 1. The first kappa shape index (κ1) is 18.0. The summed E-state index contributed by atoms with van der Waals surface area (Å²) in [6.07, 6.45) is 0.945. The van der Waals surface area contributed by atoms with Gasteiger partial charge in [0.25, 0.3) is 5.91 Å². The molecule has 2 atom stereocenters. The minimum absolute atomic E-state index is 0.141. The van der Waals surface area contributed by atoms with Gasteiger partial charge in [0.1, 0.15) is 6.04 Å². The molecule has 0 radical (unpaired) electrons. The van der Waals surface area contributed by atoms with Crippen molar-refractivity contribution in [2.45, 2.75) is 32.4 Å². The zero-order valence-corrected chi connectivity index (χ0v) is 16.6. The van der Waals surface area contributed by atoms with Gasteiger partial charge in [-0.3, -0.25) is 4.79 Å². The number of fused-ring (bicyclic) bond motifs is 1. The van der Waals surface area contributed by atoms with E-state index in [2.05, 4.69) is 66.2 Å². The first-order valence-corrected chi connectivity index (χ1v) is 10.4. The third-order valence-corrected chi connectivity index (χ3v) is 6.27. The minimum atomic E-state index is -0.149. The topological polar surface area (TPSA) is 36.9 Å². The summed E-state index contributed by atoms with van der Waals surface area (Å²) >= 11 is 1.75. The summed E-state index contributed by atoms with van der Waals surface area (Å²) in [5.74, 6) is 0.189. The van der Waals surface area contributed by atoms with Crippen molar-refractivity contribution in [2.75, 3.05) is 11.4 Å². The number of para-hydroxylation sites is 1. The lowest BCUT2D eigenvalue weighted by molar-refractivity contribution is -0.704. The molecule has 2 heterocycles. The number of carbonyl (C=O) groups excluding carboxylic acids is 1. The van der Waals surface area contributed by atoms with Crippen LogP contribution in [0.5, 0.6) is 0 Å². The predicted octanol–water partition coefficient (Wildman–Crippen LogP) is 3.69. The molecular formula is C23H25N2OS+. The molecule has 2 N–H and O–H groups in total. The second-order valence-corrected chi connectivity index (χ2v) is 8.23. The SMILES string of the molecule is Cc1ccc([C@@H]([NH2+][C@@H](C)C(=O)N2CCc3ccccc32)c2cccs2)cc1. The number of hydrogen-bond donors (Lipinski definition) is 1. The van der Waals surface area contributed by atoms with E-state index in [-0.39, 0.29) is 18.0 Å². The highest BCUT2D eigenvalue weighted by Crippen LogP contribution is 2.28. The molecule has 3 aromatic rings. The van der Waals surface area contributed by atoms with Crippen molar-refractivity contribution in [1.29, 1.82) is 0 Å². The van der Waals surface area contributed by atoms with Gasteiger partial charge in [0.15, 0.2) is 6.04 Å². The Labute approximate surface area is 164 Å². The van der Waals surface area contributed by atoms with Gasteiger partial charge in [0, 0.05) is 17.8 Å². The Morgan fingerprint density at radius 1 is 1.07 bits per heavy atom. The molecule has 0 bridgehead atoms. The number of anilines is 1. The van der Waals surface area contributed by atoms with E-state index in [1.165, 1.54) is 21.6 Å². The van der Waals surface area contributed by atoms with Crippen molar-refractivity contribution in [2.24, 2.45) is 0 Å². The van der Waals surface area contributed by atoms with Crippen LogP contribution in [0.1, 0.15) is 34.5 Å². The fourth-order valence-corrected chi connectivity index (χ4v) is 4.63. The van der Waals surface area contributed by atoms with Crippen LogP contribution >= 0.6 is 11.3 Å². The van der Waals surface area contributed by atoms with Gasteiger partial charge in [-0.15, -0.1) is 11.3 Å². The first-order chi connectivity index (χ1) is 13.1. The summed E-state index contributed by atoms with van der Waals surface area (Å²) in [6, 6.07) is 21.1. The van der Waals surface area contributed by atoms with Crippen LogP contribution in [0.2, 0.25) is 0 Å². The van der Waals surface area contributed by atoms with Gasteiger partial charge in [-0.05, 0) is 43.3 Å². The van der Waals surface area contributed by atoms with Crippen LogP contribution in [-0.4, -0.2) is 18.5 Å². The van der Waals surface area contributed by atoms with Gasteiger partial charge < -0.3 is 10.2 Å². The molecule has 0 fully saturated rings. The maximum atomic E-state index is 13.2. The summed E-state index contributed by atoms with van der Waals surface area (Å²) in [5.41, 5.74) is 4.84. The third kappa shape index (κ3) is 3.68. The highest BCUT2D eigenvalue weighted by molar-refractivity contribution is 7.10. The smallest absolute Gasteiger partial charge is 0.284 e. The van der Waals surface area contributed by atoms with E-state index in [4.69, 9.17) is 0 Å². The van der Waals surface area contributed by atoms with E-state index in [1.807, 2.05) is 24.0 Å². The van der Waals surface area contributed by atoms with Crippen molar-refractivity contribution in [3.05, 3.63) is 87.6 Å². The van der Waals surface area contributed by atoms with E-state index in [9.17, 15) is 4.79 Å². The predicted molar refractivity (Wildman–Crippen MR) is 111 cm³/mol. The number of hydrogen-bond acceptors (Lipinski definition) is 2. The summed E-state index contributed by atoms with van der Waals surface area (Å²) in [6.45, 7) is 4.91. The second-order valence-electron chi connectivity index (χ2n) is 7.25. The zero-order valence-electron chi connectivity index (χ0n) is 15.8. The minimum Gasteiger partial charge on any atom is -0.326 e. The second kappa shape index (κ2) is 7.67. The number of nitrogens with two attached hydrogens (primary N) is 1. The molecule has 1 aromatic heterocycles. The van der Waals surface area contributed by atoms with Gasteiger partial charge in [-0.25, -0.2) is 0 Å². The van der Waals surface area contributed by atoms with E-state index < -0.39 is 0 Å². The first-order valence-electron chi connectivity index (χ1n) is 9.48. The van der Waals surface area contributed by atoms with E-state index in [1.54, 1.807) is 11.3 Å². The normalized spacial score (nSPS) is 15.4. The number of carbonyl (C=O) groups is 1. The molecule has 0 spiro atoms. The molecule has 4 rings (SSSR count). The van der Waals surface area contributed by atoms with Gasteiger partial charge in [-0.2, -0.15) is 0 Å². The summed E-state index contributed by atoms with van der Waals surface area (Å²) in [4.78, 5) is 16.4. The Bertz CT molecular complexity index is 918. The molecule has 2 aromatic carbocycles. The number of quaternary nitrogens is 1. The number of rotatable bonds is 5. The number of amides is 1. The fraction of sp³-hybridized carbons (Fsp3) is 0.261. The molecule has 0 saturated carbocycles. The largest absolute Gasteiger partial charge is 0.326 e. The molecule has 1 amide bonds. The Balaban J connectivity index is 1.56. The molecule has 3 nitrogen and oxygen atoms in total. The average Bonchev–Trinajstić information content (AvgIpc) is 3.36. The Kier molecular flexibility index (Phi) is 5.10. The Morgan fingerprint density at radius 2 is 1.85 bits per heavy atom. The molecule has 1 aliphatic rings. The van der Waals surface area contributed by atoms with Crippen molar-refractivity contribution in [3.63, 3.8) is 0 Å². The van der Waals surface area contributed by atoms with Crippen molar-refractivity contribution in [1.82, 2.24) is 0 Å². The molecular weight excluding hydrogens is 352 g/mol. The van der Waals surface area contributed by atoms with Crippen LogP contribution in [0, 0.1) is 6.92 Å². The van der Waals surface area contributed by atoms with Crippen LogP contribution in [0.3, 0.4) is 0 Å². The highest BCUT2D eigenvalue weighted by Gasteiger charge is 2.32. The summed E-state index contributed by atoms with van der Waals surface area (Å²) < 4.78 is 0. The summed E-state index contributed by atoms with van der Waals surface area (Å²) in [5, 5.41) is 4.31. The lowest BCUT2D eigenvalue weighted by Gasteiger charge is -2.24. The number of thiophene rings is 1. The summed E-state index contributed by atoms with van der Waals surface area (Å²) in [7, 11) is 0. The van der Waals surface area contributed by atoms with Crippen molar-refractivity contribution < 1.29 is 10.1 Å². The van der Waals surface area contributed by atoms with E-state index >= 15 is 0 Å². The van der Waals surface area contributed by atoms with Gasteiger partial charge in [-0.1, -0.05) is 54.1 Å². The molecule has 0 aliphatic carbocycles. The third-order valence-electron chi connectivity index (χ3n) is 5.31. The van der Waals surface area contributed by atoms with Crippen LogP contribution in [0.25, 0.3) is 0 Å². The maximum Gasteiger partial charge on any atom is 0.284 e. The maximum absolute atomic E-state index is 13.2. The number of benzene rings is 2. The van der Waals surface area contributed by atoms with Gasteiger partial charge in [0.2, 0.25) is 0 Å². The van der Waals surface area contributed by atoms with E-state index in [0.717, 1.165) is 18.7 Å². The number of nitrogens with zero attached hydrogens (tertiary/aromatic N) is 1. The van der Waals surface area contributed by atoms with Gasteiger partial charge >= 0.3 is 0 Å². The van der Waals surface area contributed by atoms with Gasteiger partial charge in [0.05, 0.1) is 4.88 Å². The van der Waals surface area contributed by atoms with Crippen molar-refractivity contribution >= 4 is 22.9 Å². The molecule has 0 saturated heterocycles. The molecule has 138 valence electrons. The molecule has 4 heteroatoms. The Morgan fingerprint density at radius 3 is 2.59 bits per heavy atom. The quantitative estimate of drug-likeness (QED) is 0.723. The fourth-order valence-electron chi connectivity index (χ4n) is 3.80.